The van der Waals surface area contributed by atoms with E-state index >= 15 is 0 Å². The molecule has 0 aliphatic carbocycles. The minimum atomic E-state index is -4.75. The Morgan fingerprint density at radius 3 is 2.71 bits per heavy atom. The summed E-state index contributed by atoms with van der Waals surface area (Å²) in [5, 5.41) is 10.7. The van der Waals surface area contributed by atoms with Crippen LogP contribution in [0.4, 0.5) is 14.6 Å². The summed E-state index contributed by atoms with van der Waals surface area (Å²) in [5.41, 5.74) is 0.577. The van der Waals surface area contributed by atoms with E-state index in [4.69, 9.17) is 19.5 Å². The van der Waals surface area contributed by atoms with Crippen molar-refractivity contribution in [3.8, 4) is 0 Å². The quantitative estimate of drug-likeness (QED) is 0.616. The Hall–Kier alpha value is -1.72. The molecule has 1 aliphatic heterocycles. The normalized spacial score (nSPS) is 23.5. The summed E-state index contributed by atoms with van der Waals surface area (Å²) in [5.74, 6) is 0.165. The molecule has 0 unspecified atom stereocenters. The number of hydrogen-bond acceptors (Lipinski definition) is 9. The highest BCUT2D eigenvalue weighted by Crippen LogP contribution is 2.64. The summed E-state index contributed by atoms with van der Waals surface area (Å²) in [6.45, 7) is 2.04. The van der Waals surface area contributed by atoms with Crippen molar-refractivity contribution in [1.82, 2.24) is 19.5 Å². The molecule has 3 heterocycles. The second-order valence-corrected chi connectivity index (χ2v) is 8.62. The van der Waals surface area contributed by atoms with E-state index in [0.717, 1.165) is 0 Å². The summed E-state index contributed by atoms with van der Waals surface area (Å²) in [6.07, 6.45) is 0.480. The number of anilines is 1. The average molecular weight is 421 g/mol. The second kappa shape index (κ2) is 7.60. The van der Waals surface area contributed by atoms with Crippen molar-refractivity contribution < 1.29 is 32.2 Å². The first-order chi connectivity index (χ1) is 13.1. The Morgan fingerprint density at radius 1 is 1.39 bits per heavy atom. The van der Waals surface area contributed by atoms with E-state index in [0.29, 0.717) is 11.2 Å². The van der Waals surface area contributed by atoms with Crippen LogP contribution < -0.4 is 5.73 Å². The standard InChI is InChI=1S/C15H22F2N5O5P/c1-3-26-28(24,27-4-2)15(16,17)6-14(23)5-10(25-7-14)22-9-21-11-12(18)19-8-20-13(11)22/h8-10,23H,3-7H2,1-2H3,(H2,18,19,20)/t10-,14-/m1/s1. The zero-order chi connectivity index (χ0) is 20.6. The lowest BCUT2D eigenvalue weighted by Gasteiger charge is -2.31. The average Bonchev–Trinajstić information content (AvgIpc) is 3.19. The number of alkyl halides is 2. The van der Waals surface area contributed by atoms with Gasteiger partial charge in [-0.25, -0.2) is 15.0 Å². The highest BCUT2D eigenvalue weighted by Gasteiger charge is 2.58. The Bertz CT molecular complexity index is 887. The van der Waals surface area contributed by atoms with Crippen LogP contribution in [0.15, 0.2) is 12.7 Å². The number of halogens is 2. The number of fused-ring (bicyclic) bond motifs is 1. The second-order valence-electron chi connectivity index (χ2n) is 6.45. The number of rotatable bonds is 8. The molecule has 2 aromatic heterocycles. The summed E-state index contributed by atoms with van der Waals surface area (Å²) in [4.78, 5) is 12.0. The maximum atomic E-state index is 14.7. The lowest BCUT2D eigenvalue weighted by molar-refractivity contribution is -0.0614. The van der Waals surface area contributed by atoms with Crippen LogP contribution in [-0.4, -0.2) is 55.7 Å². The molecule has 0 saturated carbocycles. The van der Waals surface area contributed by atoms with Gasteiger partial charge in [-0.05, 0) is 13.8 Å². The predicted octanol–water partition coefficient (Wildman–Crippen LogP) is 2.31. The van der Waals surface area contributed by atoms with Crippen molar-refractivity contribution in [2.45, 2.75) is 44.2 Å². The van der Waals surface area contributed by atoms with Crippen LogP contribution in [0.5, 0.6) is 0 Å². The van der Waals surface area contributed by atoms with Crippen LogP contribution in [0.2, 0.25) is 0 Å². The molecule has 1 fully saturated rings. The molecule has 3 rings (SSSR count). The fraction of sp³-hybridized carbons (Fsp3) is 0.667. The topological polar surface area (TPSA) is 135 Å². The van der Waals surface area contributed by atoms with Crippen molar-refractivity contribution >= 4 is 24.6 Å². The molecule has 3 N–H and O–H groups in total. The van der Waals surface area contributed by atoms with Crippen LogP contribution in [-0.2, 0) is 18.3 Å². The van der Waals surface area contributed by atoms with Crippen LogP contribution in [0.3, 0.4) is 0 Å². The predicted molar refractivity (Wildman–Crippen MR) is 94.7 cm³/mol. The van der Waals surface area contributed by atoms with E-state index < -0.39 is 38.1 Å². The molecule has 0 aromatic carbocycles. The molecule has 0 radical (unpaired) electrons. The summed E-state index contributed by atoms with van der Waals surface area (Å²) < 4.78 is 58.4. The Balaban J connectivity index is 1.81. The molecule has 156 valence electrons. The molecule has 0 bridgehead atoms. The number of nitrogens with two attached hydrogens (primary N) is 1. The fourth-order valence-electron chi connectivity index (χ4n) is 3.14. The smallest absolute Gasteiger partial charge is 0.387 e. The third-order valence-corrected chi connectivity index (χ3v) is 6.49. The third kappa shape index (κ3) is 3.74. The molecule has 0 amide bonds. The van der Waals surface area contributed by atoms with Crippen LogP contribution in [0.1, 0.15) is 32.9 Å². The maximum Gasteiger partial charge on any atom is 0.399 e. The van der Waals surface area contributed by atoms with Gasteiger partial charge in [-0.15, -0.1) is 0 Å². The summed E-state index contributed by atoms with van der Waals surface area (Å²) in [7, 11) is -4.75. The number of ether oxygens (including phenoxy) is 1. The van der Waals surface area contributed by atoms with E-state index in [2.05, 4.69) is 15.0 Å². The number of nitrogen functional groups attached to an aromatic ring is 1. The van der Waals surface area contributed by atoms with Gasteiger partial charge in [0.15, 0.2) is 11.5 Å². The van der Waals surface area contributed by atoms with Gasteiger partial charge in [0.25, 0.3) is 0 Å². The molecule has 2 aromatic rings. The Kier molecular flexibility index (Phi) is 5.70. The molecular weight excluding hydrogens is 399 g/mol. The molecule has 13 heteroatoms. The Morgan fingerprint density at radius 2 is 2.07 bits per heavy atom. The van der Waals surface area contributed by atoms with Gasteiger partial charge < -0.3 is 24.6 Å². The molecule has 2 atom stereocenters. The van der Waals surface area contributed by atoms with Gasteiger partial charge in [-0.2, -0.15) is 8.78 Å². The molecule has 1 aliphatic rings. The van der Waals surface area contributed by atoms with Gasteiger partial charge in [0.05, 0.1) is 38.2 Å². The minimum Gasteiger partial charge on any atom is -0.387 e. The van der Waals surface area contributed by atoms with Gasteiger partial charge in [0.2, 0.25) is 0 Å². The molecule has 0 spiro atoms. The van der Waals surface area contributed by atoms with E-state index in [1.807, 2.05) is 0 Å². The van der Waals surface area contributed by atoms with E-state index in [9.17, 15) is 18.5 Å². The van der Waals surface area contributed by atoms with Gasteiger partial charge in [-0.3, -0.25) is 9.13 Å². The van der Waals surface area contributed by atoms with Crippen LogP contribution in [0.25, 0.3) is 11.2 Å². The highest BCUT2D eigenvalue weighted by atomic mass is 31.2. The lowest BCUT2D eigenvalue weighted by Crippen LogP contribution is -2.38. The molecule has 1 saturated heterocycles. The zero-order valence-electron chi connectivity index (χ0n) is 15.4. The van der Waals surface area contributed by atoms with E-state index in [1.54, 1.807) is 0 Å². The van der Waals surface area contributed by atoms with E-state index in [1.165, 1.54) is 31.1 Å². The number of aromatic nitrogens is 4. The third-order valence-electron chi connectivity index (χ3n) is 4.34. The van der Waals surface area contributed by atoms with Crippen molar-refractivity contribution in [2.75, 3.05) is 25.6 Å². The van der Waals surface area contributed by atoms with Crippen molar-refractivity contribution in [2.24, 2.45) is 0 Å². The number of nitrogens with zero attached hydrogens (tertiary/aromatic N) is 4. The highest BCUT2D eigenvalue weighted by molar-refractivity contribution is 7.55. The summed E-state index contributed by atoms with van der Waals surface area (Å²) >= 11 is 0. The van der Waals surface area contributed by atoms with Gasteiger partial charge in [-0.1, -0.05) is 0 Å². The Labute approximate surface area is 159 Å². The van der Waals surface area contributed by atoms with Crippen molar-refractivity contribution in [3.05, 3.63) is 12.7 Å². The largest absolute Gasteiger partial charge is 0.399 e. The van der Waals surface area contributed by atoms with Gasteiger partial charge in [0.1, 0.15) is 18.1 Å². The lowest BCUT2D eigenvalue weighted by atomic mass is 9.98. The number of imidazole rings is 1. The molecule has 28 heavy (non-hydrogen) atoms. The fourth-order valence-corrected chi connectivity index (χ4v) is 4.76. The number of hydrogen-bond donors (Lipinski definition) is 2. The monoisotopic (exact) mass is 421 g/mol. The SMILES string of the molecule is CCOP(=O)(OCC)C(F)(F)C[C@@]1(O)CO[C@@H](n2cnc3c(N)ncnc32)C1. The van der Waals surface area contributed by atoms with Crippen molar-refractivity contribution in [1.29, 1.82) is 0 Å². The van der Waals surface area contributed by atoms with Gasteiger partial charge >= 0.3 is 13.3 Å². The van der Waals surface area contributed by atoms with Crippen LogP contribution in [0, 0.1) is 0 Å². The molecule has 10 nitrogen and oxygen atoms in total. The van der Waals surface area contributed by atoms with Crippen LogP contribution >= 0.6 is 7.60 Å². The maximum absolute atomic E-state index is 14.7. The van der Waals surface area contributed by atoms with E-state index in [-0.39, 0.29) is 25.5 Å². The molecular formula is C15H22F2N5O5P. The first kappa shape index (κ1) is 21.0. The number of aliphatic hydroxyl groups is 1. The van der Waals surface area contributed by atoms with Crippen molar-refractivity contribution in [3.63, 3.8) is 0 Å². The first-order valence-corrected chi connectivity index (χ1v) is 10.2. The van der Waals surface area contributed by atoms with Gasteiger partial charge in [0, 0.05) is 6.42 Å². The minimum absolute atomic E-state index is 0.165. The zero-order valence-corrected chi connectivity index (χ0v) is 16.3. The summed E-state index contributed by atoms with van der Waals surface area (Å²) in [6, 6.07) is 0. The first-order valence-electron chi connectivity index (χ1n) is 8.69.